The molecule has 0 radical (unpaired) electrons. The van der Waals surface area contributed by atoms with Crippen LogP contribution in [-0.2, 0) is 17.8 Å². The van der Waals surface area contributed by atoms with Crippen LogP contribution in [0.1, 0.15) is 22.8 Å². The third-order valence-electron chi connectivity index (χ3n) is 4.61. The number of halogens is 3. The number of alkyl halides is 3. The zero-order valence-electron chi connectivity index (χ0n) is 14.0. The first-order chi connectivity index (χ1) is 12.2. The van der Waals surface area contributed by atoms with Crippen molar-refractivity contribution in [2.45, 2.75) is 26.1 Å². The normalized spacial score (nSPS) is 21.2. The number of benzene rings is 1. The van der Waals surface area contributed by atoms with Crippen LogP contribution in [-0.4, -0.2) is 45.4 Å². The Kier molecular flexibility index (Phi) is 4.99. The van der Waals surface area contributed by atoms with Crippen molar-refractivity contribution in [2.75, 3.05) is 13.1 Å². The van der Waals surface area contributed by atoms with Crippen molar-refractivity contribution in [3.8, 4) is 0 Å². The quantitative estimate of drug-likeness (QED) is 0.873. The molecule has 26 heavy (non-hydrogen) atoms. The van der Waals surface area contributed by atoms with E-state index in [9.17, 15) is 18.0 Å². The van der Waals surface area contributed by atoms with Crippen LogP contribution >= 0.6 is 0 Å². The molecule has 1 saturated heterocycles. The Morgan fingerprint density at radius 1 is 1.35 bits per heavy atom. The number of likely N-dealkylation sites (tertiary alicyclic amines) is 1. The molecule has 9 heteroatoms. The monoisotopic (exact) mass is 369 g/mol. The van der Waals surface area contributed by atoms with Crippen LogP contribution < -0.4 is 0 Å². The molecule has 0 saturated carbocycles. The van der Waals surface area contributed by atoms with Crippen molar-refractivity contribution in [1.82, 2.24) is 15.0 Å². The average molecular weight is 369 g/mol. The smallest absolute Gasteiger partial charge is 0.393 e. The Bertz CT molecular complexity index is 791. The highest BCUT2D eigenvalue weighted by Crippen LogP contribution is 2.38. The average Bonchev–Trinajstić information content (AvgIpc) is 3.17. The molecule has 0 spiro atoms. The standard InChI is InChI=1S/C17H18F3N3O3/c1-10-4-2-3-5-11(10)6-14-21-15(26-22-14)9-23-7-12(16(24)25)13(8-23)17(18,19)20/h2-5,12-13H,6-9H2,1H3,(H,24,25)/t12-,13-/m1/s1. The van der Waals surface area contributed by atoms with Gasteiger partial charge in [-0.05, 0) is 18.1 Å². The molecular weight excluding hydrogens is 351 g/mol. The molecule has 2 aromatic rings. The minimum atomic E-state index is -4.55. The summed E-state index contributed by atoms with van der Waals surface area (Å²) in [4.78, 5) is 16.7. The lowest BCUT2D eigenvalue weighted by molar-refractivity contribution is -0.188. The topological polar surface area (TPSA) is 79.5 Å². The van der Waals surface area contributed by atoms with Crippen LogP contribution in [0.2, 0.25) is 0 Å². The Morgan fingerprint density at radius 3 is 2.69 bits per heavy atom. The molecule has 6 nitrogen and oxygen atoms in total. The zero-order valence-corrected chi connectivity index (χ0v) is 14.0. The number of hydrogen-bond donors (Lipinski definition) is 1. The van der Waals surface area contributed by atoms with E-state index < -0.39 is 30.5 Å². The third kappa shape index (κ3) is 4.04. The van der Waals surface area contributed by atoms with Crippen LogP contribution in [0.3, 0.4) is 0 Å². The molecule has 1 aromatic heterocycles. The van der Waals surface area contributed by atoms with Gasteiger partial charge in [0, 0.05) is 19.5 Å². The van der Waals surface area contributed by atoms with Gasteiger partial charge in [0.05, 0.1) is 18.4 Å². The first-order valence-electron chi connectivity index (χ1n) is 8.12. The minimum absolute atomic E-state index is 0.00285. The summed E-state index contributed by atoms with van der Waals surface area (Å²) in [6.07, 6.45) is -4.10. The SMILES string of the molecule is Cc1ccccc1Cc1noc(CN2C[C@@H](C(F)(F)F)[C@H](C(=O)O)C2)n1. The summed E-state index contributed by atoms with van der Waals surface area (Å²) in [6, 6.07) is 7.72. The van der Waals surface area contributed by atoms with Crippen LogP contribution in [0.5, 0.6) is 0 Å². The van der Waals surface area contributed by atoms with Crippen LogP contribution in [0.15, 0.2) is 28.8 Å². The summed E-state index contributed by atoms with van der Waals surface area (Å²) in [6.45, 7) is 1.37. The van der Waals surface area contributed by atoms with Gasteiger partial charge >= 0.3 is 12.1 Å². The molecule has 1 aliphatic rings. The van der Waals surface area contributed by atoms with E-state index in [1.54, 1.807) is 0 Å². The lowest BCUT2D eigenvalue weighted by Gasteiger charge is -2.17. The molecule has 1 aliphatic heterocycles. The van der Waals surface area contributed by atoms with Crippen LogP contribution in [0, 0.1) is 18.8 Å². The van der Waals surface area contributed by atoms with Gasteiger partial charge < -0.3 is 9.63 Å². The number of nitrogens with zero attached hydrogens (tertiary/aromatic N) is 3. The molecule has 0 bridgehead atoms. The van der Waals surface area contributed by atoms with Gasteiger partial charge in [0.1, 0.15) is 0 Å². The highest BCUT2D eigenvalue weighted by Gasteiger charge is 2.52. The summed E-state index contributed by atoms with van der Waals surface area (Å²) in [5.74, 6) is -4.20. The van der Waals surface area contributed by atoms with Gasteiger partial charge in [-0.3, -0.25) is 9.69 Å². The second kappa shape index (κ2) is 7.06. The van der Waals surface area contributed by atoms with Crippen molar-refractivity contribution < 1.29 is 27.6 Å². The largest absolute Gasteiger partial charge is 0.481 e. The predicted molar refractivity (Wildman–Crippen MR) is 84.2 cm³/mol. The number of aromatic nitrogens is 2. The molecule has 2 heterocycles. The van der Waals surface area contributed by atoms with Gasteiger partial charge in [0.15, 0.2) is 5.82 Å². The number of carboxylic acids is 1. The Labute approximate surface area is 147 Å². The van der Waals surface area contributed by atoms with Gasteiger partial charge in [-0.25, -0.2) is 0 Å². The summed E-state index contributed by atoms with van der Waals surface area (Å²) >= 11 is 0. The maximum atomic E-state index is 13.0. The molecule has 1 aromatic carbocycles. The number of carboxylic acid groups (broad SMARTS) is 1. The highest BCUT2D eigenvalue weighted by atomic mass is 19.4. The molecule has 0 unspecified atom stereocenters. The van der Waals surface area contributed by atoms with Crippen molar-refractivity contribution in [1.29, 1.82) is 0 Å². The number of rotatable bonds is 5. The molecule has 3 rings (SSSR count). The maximum Gasteiger partial charge on any atom is 0.393 e. The highest BCUT2D eigenvalue weighted by molar-refractivity contribution is 5.71. The van der Waals surface area contributed by atoms with Crippen molar-refractivity contribution >= 4 is 5.97 Å². The summed E-state index contributed by atoms with van der Waals surface area (Å²) in [5, 5.41) is 12.9. The van der Waals surface area contributed by atoms with Gasteiger partial charge in [0.2, 0.25) is 5.89 Å². The molecular formula is C17H18F3N3O3. The fraction of sp³-hybridized carbons (Fsp3) is 0.471. The summed E-state index contributed by atoms with van der Waals surface area (Å²) in [7, 11) is 0. The van der Waals surface area contributed by atoms with E-state index in [0.29, 0.717) is 12.2 Å². The third-order valence-corrected chi connectivity index (χ3v) is 4.61. The zero-order chi connectivity index (χ0) is 18.9. The fourth-order valence-corrected chi connectivity index (χ4v) is 3.19. The van der Waals surface area contributed by atoms with Crippen molar-refractivity contribution in [2.24, 2.45) is 11.8 Å². The Morgan fingerprint density at radius 2 is 2.08 bits per heavy atom. The van der Waals surface area contributed by atoms with Gasteiger partial charge in [-0.15, -0.1) is 0 Å². The Balaban J connectivity index is 1.66. The van der Waals surface area contributed by atoms with Gasteiger partial charge in [-0.1, -0.05) is 29.4 Å². The fourth-order valence-electron chi connectivity index (χ4n) is 3.19. The van der Waals surface area contributed by atoms with Crippen molar-refractivity contribution in [3.05, 3.63) is 47.1 Å². The molecule has 2 atom stereocenters. The number of carbonyl (C=O) groups is 1. The van der Waals surface area contributed by atoms with Gasteiger partial charge in [0.25, 0.3) is 0 Å². The molecule has 1 N–H and O–H groups in total. The van der Waals surface area contributed by atoms with E-state index in [2.05, 4.69) is 10.1 Å². The first kappa shape index (κ1) is 18.4. The minimum Gasteiger partial charge on any atom is -0.481 e. The van der Waals surface area contributed by atoms with E-state index in [4.69, 9.17) is 9.63 Å². The Hall–Kier alpha value is -2.42. The van der Waals surface area contributed by atoms with Crippen LogP contribution in [0.4, 0.5) is 13.2 Å². The van der Waals surface area contributed by atoms with E-state index >= 15 is 0 Å². The van der Waals surface area contributed by atoms with E-state index in [1.165, 1.54) is 4.90 Å². The van der Waals surface area contributed by atoms with Gasteiger partial charge in [-0.2, -0.15) is 18.2 Å². The molecule has 140 valence electrons. The number of hydrogen-bond acceptors (Lipinski definition) is 5. The summed E-state index contributed by atoms with van der Waals surface area (Å²) < 4.78 is 44.2. The maximum absolute atomic E-state index is 13.0. The molecule has 0 aliphatic carbocycles. The number of aryl methyl sites for hydroxylation is 1. The number of aliphatic carboxylic acids is 1. The summed E-state index contributed by atoms with van der Waals surface area (Å²) in [5.41, 5.74) is 2.11. The van der Waals surface area contributed by atoms with E-state index in [-0.39, 0.29) is 19.0 Å². The predicted octanol–water partition coefficient (Wildman–Crippen LogP) is 2.66. The van der Waals surface area contributed by atoms with E-state index in [0.717, 1.165) is 11.1 Å². The lowest BCUT2D eigenvalue weighted by Crippen LogP contribution is -2.33. The second-order valence-electron chi connectivity index (χ2n) is 6.49. The van der Waals surface area contributed by atoms with Crippen LogP contribution in [0.25, 0.3) is 0 Å². The molecule has 1 fully saturated rings. The second-order valence-corrected chi connectivity index (χ2v) is 6.49. The first-order valence-corrected chi connectivity index (χ1v) is 8.12. The molecule has 0 amide bonds. The lowest BCUT2D eigenvalue weighted by atomic mass is 9.96. The van der Waals surface area contributed by atoms with Crippen molar-refractivity contribution in [3.63, 3.8) is 0 Å². The van der Waals surface area contributed by atoms with E-state index in [1.807, 2.05) is 31.2 Å².